The molecule has 0 spiro atoms. The number of fused-ring (bicyclic) bond motifs is 7. The summed E-state index contributed by atoms with van der Waals surface area (Å²) in [5.74, 6) is 0. The van der Waals surface area contributed by atoms with E-state index in [1.807, 2.05) is 0 Å². The van der Waals surface area contributed by atoms with Crippen molar-refractivity contribution in [2.45, 2.75) is 117 Å². The Morgan fingerprint density at radius 2 is 0.974 bits per heavy atom. The minimum absolute atomic E-state index is 0.0361. The minimum atomic E-state index is 0.0361. The van der Waals surface area contributed by atoms with E-state index >= 15 is 0 Å². The van der Waals surface area contributed by atoms with Gasteiger partial charge in [-0.3, -0.25) is 0 Å². The second kappa shape index (κ2) is 17.9. The summed E-state index contributed by atoms with van der Waals surface area (Å²) in [5.41, 5.74) is 25.8. The van der Waals surface area contributed by atoms with Gasteiger partial charge in [0, 0.05) is 61.8 Å². The van der Waals surface area contributed by atoms with Gasteiger partial charge < -0.3 is 19.7 Å². The van der Waals surface area contributed by atoms with Crippen molar-refractivity contribution in [2.24, 2.45) is 0 Å². The molecule has 0 amide bonds. The third-order valence-corrected chi connectivity index (χ3v) is 18.0. The summed E-state index contributed by atoms with van der Waals surface area (Å²) in [6.07, 6.45) is 4.63. The van der Waals surface area contributed by atoms with Crippen LogP contribution in [0.1, 0.15) is 114 Å². The first-order chi connectivity index (χ1) is 37.0. The van der Waals surface area contributed by atoms with Crippen LogP contribution in [0.5, 0.6) is 0 Å². The van der Waals surface area contributed by atoms with Crippen LogP contribution >= 0.6 is 0 Å². The van der Waals surface area contributed by atoms with Crippen LogP contribution in [0.15, 0.2) is 188 Å². The molecule has 4 nitrogen and oxygen atoms in total. The van der Waals surface area contributed by atoms with E-state index in [0.29, 0.717) is 0 Å². The second-order valence-corrected chi connectivity index (χ2v) is 25.2. The number of hydrogen-bond acceptors (Lipinski definition) is 3. The highest BCUT2D eigenvalue weighted by Crippen LogP contribution is 2.52. The molecule has 1 aromatic heterocycles. The lowest BCUT2D eigenvalue weighted by atomic mass is 9.55. The molecule has 10 aromatic rings. The molecule has 0 atom stereocenters. The van der Waals surface area contributed by atoms with E-state index in [2.05, 4.69) is 284 Å². The summed E-state index contributed by atoms with van der Waals surface area (Å²) in [4.78, 5) is 4.93. The average molecular weight is 1000 g/mol. The predicted molar refractivity (Wildman–Crippen MR) is 330 cm³/mol. The third-order valence-electron chi connectivity index (χ3n) is 18.0. The summed E-state index contributed by atoms with van der Waals surface area (Å²) < 4.78 is 2.63. The van der Waals surface area contributed by atoms with Crippen molar-refractivity contribution in [3.05, 3.63) is 221 Å². The molecule has 0 saturated carbocycles. The summed E-state index contributed by atoms with van der Waals surface area (Å²) in [6.45, 7) is 23.9. The van der Waals surface area contributed by atoms with Gasteiger partial charge in [0.15, 0.2) is 7.28 Å². The van der Waals surface area contributed by atoms with Gasteiger partial charge in [0.2, 0.25) is 0 Å². The first-order valence-electron chi connectivity index (χ1n) is 28.0. The smallest absolute Gasteiger partial charge is 0.197 e. The predicted octanol–water partition coefficient (Wildman–Crippen LogP) is 18.4. The quantitative estimate of drug-likeness (QED) is 0.146. The maximum Gasteiger partial charge on any atom is 0.197 e. The Hall–Kier alpha value is -7.76. The van der Waals surface area contributed by atoms with E-state index in [1.54, 1.807) is 0 Å². The summed E-state index contributed by atoms with van der Waals surface area (Å²) in [7, 11) is 2.55. The molecule has 1 aliphatic heterocycles. The molecule has 2 aliphatic carbocycles. The zero-order chi connectivity index (χ0) is 53.2. The Balaban J connectivity index is 1.16. The largest absolute Gasteiger partial charge is 0.355 e. The number of benzene rings is 9. The molecule has 0 bridgehead atoms. The maximum atomic E-state index is 4.14. The van der Waals surface area contributed by atoms with Crippen molar-refractivity contribution in [3.63, 3.8) is 0 Å². The van der Waals surface area contributed by atoms with Gasteiger partial charge in [0.05, 0.1) is 16.7 Å². The van der Waals surface area contributed by atoms with Crippen LogP contribution in [0.25, 0.3) is 38.6 Å². The van der Waals surface area contributed by atoms with Gasteiger partial charge in [-0.1, -0.05) is 152 Å². The van der Waals surface area contributed by atoms with Crippen LogP contribution in [0.4, 0.5) is 45.5 Å². The van der Waals surface area contributed by atoms with E-state index in [9.17, 15) is 0 Å². The number of rotatable bonds is 9. The summed E-state index contributed by atoms with van der Waals surface area (Å²) in [6, 6.07) is 70.8. The van der Waals surface area contributed by atoms with Crippen LogP contribution in [0.2, 0.25) is 0 Å². The molecule has 77 heavy (non-hydrogen) atoms. The van der Waals surface area contributed by atoms with Crippen LogP contribution in [-0.2, 0) is 21.7 Å². The Kier molecular flexibility index (Phi) is 11.4. The molecule has 3 aliphatic rings. The number of para-hydroxylation sites is 3. The molecule has 1 N–H and O–H groups in total. The highest BCUT2D eigenvalue weighted by atomic mass is 15.2. The molecule has 5 heteroatoms. The van der Waals surface area contributed by atoms with Gasteiger partial charge in [-0.25, -0.2) is 0 Å². The molecular formula is C72H70BN4. The van der Waals surface area contributed by atoms with Crippen LogP contribution < -0.4 is 26.0 Å². The normalized spacial score (nSPS) is 16.2. The van der Waals surface area contributed by atoms with Gasteiger partial charge in [-0.05, 0) is 203 Å². The number of aromatic nitrogens is 1. The number of nitrogens with zero attached hydrogens (tertiary/aromatic N) is 3. The fourth-order valence-electron chi connectivity index (χ4n) is 13.4. The second-order valence-electron chi connectivity index (χ2n) is 25.2. The van der Waals surface area contributed by atoms with E-state index in [0.717, 1.165) is 75.9 Å². The molecule has 381 valence electrons. The molecule has 0 unspecified atom stereocenters. The zero-order valence-electron chi connectivity index (χ0n) is 46.6. The van der Waals surface area contributed by atoms with Crippen molar-refractivity contribution in [2.75, 3.05) is 15.1 Å². The van der Waals surface area contributed by atoms with Crippen molar-refractivity contribution in [3.8, 4) is 16.8 Å². The van der Waals surface area contributed by atoms with Gasteiger partial charge in [-0.15, -0.1) is 0 Å². The van der Waals surface area contributed by atoms with Crippen molar-refractivity contribution >= 4 is 85.5 Å². The number of hydrogen-bond donors (Lipinski definition) is 1. The fourth-order valence-corrected chi connectivity index (χ4v) is 13.4. The van der Waals surface area contributed by atoms with Crippen molar-refractivity contribution in [1.82, 2.24) is 4.57 Å². The average Bonchev–Trinajstić information content (AvgIpc) is 3.85. The van der Waals surface area contributed by atoms with Gasteiger partial charge in [-0.2, -0.15) is 0 Å². The SMILES string of the molecule is Cc1cccc(N(c2cccc(C)c2)c2cc(-c3cc(N(c4ccccc4)c4ccccc4)ccc3Nc3ccc4c(c3)C(C)(C)CCC4(C)C)c3c4c2c2ccccc2n4-c2cc4c(cc2[B]3)C(C)(C)CCC4(C)C)c1. The first-order valence-corrected chi connectivity index (χ1v) is 28.0. The molecule has 0 fully saturated rings. The zero-order valence-corrected chi connectivity index (χ0v) is 46.6. The highest BCUT2D eigenvalue weighted by molar-refractivity contribution is 6.73. The molecule has 13 rings (SSSR count). The van der Waals surface area contributed by atoms with Crippen LogP contribution in [0.3, 0.4) is 0 Å². The summed E-state index contributed by atoms with van der Waals surface area (Å²) in [5, 5.41) is 6.62. The van der Waals surface area contributed by atoms with Gasteiger partial charge >= 0.3 is 0 Å². The summed E-state index contributed by atoms with van der Waals surface area (Å²) >= 11 is 0. The Morgan fingerprint density at radius 1 is 0.442 bits per heavy atom. The van der Waals surface area contributed by atoms with E-state index in [1.165, 1.54) is 78.2 Å². The molecule has 1 radical (unpaired) electrons. The number of aryl methyl sites for hydroxylation is 2. The first kappa shape index (κ1) is 48.9. The number of nitrogens with one attached hydrogen (secondary N) is 1. The fraction of sp³-hybridized carbons (Fsp3) is 0.250. The Morgan fingerprint density at radius 3 is 1.58 bits per heavy atom. The molecule has 0 saturated heterocycles. The molecule has 2 heterocycles. The Labute approximate surface area is 457 Å². The third kappa shape index (κ3) is 8.19. The van der Waals surface area contributed by atoms with Crippen LogP contribution in [0, 0.1) is 13.8 Å². The molecule has 9 aromatic carbocycles. The topological polar surface area (TPSA) is 23.4 Å². The minimum Gasteiger partial charge on any atom is -0.355 e. The maximum absolute atomic E-state index is 4.14. The van der Waals surface area contributed by atoms with Gasteiger partial charge in [0.25, 0.3) is 0 Å². The standard InChI is InChI=1S/C72H70BN4/c1-46-21-19-27-51(39-46)76(52-28-20-22-47(2)40-52)65-43-56(67-68-66(65)54-29-17-18-30-63(54)77(68)64-45-60-59(44-61(64)73-67)71(7,8)37-38-72(60,9)10)55-42-53(75(49-23-13-11-14-24-49)50-25-15-12-16-26-50)32-34-62(55)74-48-31-33-57-58(41-48)70(5,6)36-35-69(57,3)4/h11-34,39-45,74H,35-38H2,1-10H3. The van der Waals surface area contributed by atoms with Crippen molar-refractivity contribution < 1.29 is 0 Å². The van der Waals surface area contributed by atoms with E-state index in [4.69, 9.17) is 0 Å². The highest BCUT2D eigenvalue weighted by Gasteiger charge is 2.41. The van der Waals surface area contributed by atoms with E-state index < -0.39 is 0 Å². The monoisotopic (exact) mass is 1000 g/mol. The number of anilines is 8. The Bertz CT molecular complexity index is 3890. The lowest BCUT2D eigenvalue weighted by molar-refractivity contribution is 0.332. The van der Waals surface area contributed by atoms with Crippen molar-refractivity contribution in [1.29, 1.82) is 0 Å². The lowest BCUT2D eigenvalue weighted by Gasteiger charge is -2.43. The van der Waals surface area contributed by atoms with E-state index in [-0.39, 0.29) is 21.7 Å². The molecular weight excluding hydrogens is 932 g/mol. The lowest BCUT2D eigenvalue weighted by Crippen LogP contribution is -2.41. The van der Waals surface area contributed by atoms with Gasteiger partial charge in [0.1, 0.15) is 0 Å². The van der Waals surface area contributed by atoms with Crippen LogP contribution in [-0.4, -0.2) is 11.8 Å².